The first-order valence-electron chi connectivity index (χ1n) is 5.44. The van der Waals surface area contributed by atoms with Crippen LogP contribution >= 0.6 is 0 Å². The molecule has 0 aliphatic rings. The van der Waals surface area contributed by atoms with Crippen molar-refractivity contribution in [2.24, 2.45) is 0 Å². The molecule has 1 heterocycles. The Labute approximate surface area is 94.7 Å². The van der Waals surface area contributed by atoms with Crippen LogP contribution in [0.4, 0.5) is 0 Å². The van der Waals surface area contributed by atoms with Gasteiger partial charge >= 0.3 is 0 Å². The molecule has 0 aliphatic heterocycles. The summed E-state index contributed by atoms with van der Waals surface area (Å²) < 4.78 is 5.35. The zero-order valence-electron chi connectivity index (χ0n) is 9.31. The van der Waals surface area contributed by atoms with E-state index in [1.807, 2.05) is 37.3 Å². The van der Waals surface area contributed by atoms with Crippen LogP contribution in [0.15, 0.2) is 34.9 Å². The van der Waals surface area contributed by atoms with Crippen LogP contribution in [0.1, 0.15) is 17.7 Å². The fraction of sp³-hybridized carbons (Fsp3) is 0.308. The van der Waals surface area contributed by atoms with Gasteiger partial charge in [0.1, 0.15) is 0 Å². The van der Waals surface area contributed by atoms with Gasteiger partial charge in [0, 0.05) is 17.7 Å². The fourth-order valence-corrected chi connectivity index (χ4v) is 1.76. The summed E-state index contributed by atoms with van der Waals surface area (Å²) in [5, 5.41) is 12.9. The van der Waals surface area contributed by atoms with Gasteiger partial charge in [-0.25, -0.2) is 0 Å². The normalized spacial score (nSPS) is 10.6. The lowest BCUT2D eigenvalue weighted by Crippen LogP contribution is -1.92. The Morgan fingerprint density at radius 2 is 2.00 bits per heavy atom. The lowest BCUT2D eigenvalue weighted by molar-refractivity contribution is 0.288. The highest BCUT2D eigenvalue weighted by Crippen LogP contribution is 2.26. The van der Waals surface area contributed by atoms with Crippen molar-refractivity contribution in [3.05, 3.63) is 41.6 Å². The first-order valence-corrected chi connectivity index (χ1v) is 5.44. The summed E-state index contributed by atoms with van der Waals surface area (Å²) in [7, 11) is 0. The Morgan fingerprint density at radius 3 is 2.69 bits per heavy atom. The number of hydrogen-bond donors (Lipinski definition) is 1. The molecule has 0 saturated heterocycles. The molecule has 0 unspecified atom stereocenters. The lowest BCUT2D eigenvalue weighted by atomic mass is 10.0. The minimum absolute atomic E-state index is 0.193. The molecule has 1 aromatic heterocycles. The van der Waals surface area contributed by atoms with E-state index in [0.29, 0.717) is 0 Å². The molecule has 0 spiro atoms. The van der Waals surface area contributed by atoms with Gasteiger partial charge in [0.05, 0.1) is 5.69 Å². The lowest BCUT2D eigenvalue weighted by Gasteiger charge is -2.01. The number of rotatable bonds is 4. The molecular formula is C13H15NO2. The van der Waals surface area contributed by atoms with Crippen LogP contribution in [0.2, 0.25) is 0 Å². The predicted molar refractivity (Wildman–Crippen MR) is 62.1 cm³/mol. The Kier molecular flexibility index (Phi) is 3.37. The van der Waals surface area contributed by atoms with Crippen LogP contribution in [0.5, 0.6) is 0 Å². The fourth-order valence-electron chi connectivity index (χ4n) is 1.76. The van der Waals surface area contributed by atoms with E-state index in [1.165, 1.54) is 0 Å². The molecule has 1 aromatic carbocycles. The highest BCUT2D eigenvalue weighted by atomic mass is 16.5. The standard InChI is InChI=1S/C13H15NO2/c1-10-12(8-5-9-15)13(16-14-10)11-6-3-2-4-7-11/h2-4,6-7,15H,5,8-9H2,1H3. The van der Waals surface area contributed by atoms with Gasteiger partial charge in [0.25, 0.3) is 0 Å². The molecule has 0 saturated carbocycles. The molecule has 3 heteroatoms. The Bertz CT molecular complexity index is 448. The van der Waals surface area contributed by atoms with E-state index < -0.39 is 0 Å². The Hall–Kier alpha value is -1.61. The molecule has 0 atom stereocenters. The number of aryl methyl sites for hydroxylation is 1. The summed E-state index contributed by atoms with van der Waals surface area (Å²) >= 11 is 0. The third kappa shape index (κ3) is 2.14. The van der Waals surface area contributed by atoms with Gasteiger partial charge in [0.15, 0.2) is 5.76 Å². The number of benzene rings is 1. The molecule has 0 bridgehead atoms. The molecule has 2 rings (SSSR count). The van der Waals surface area contributed by atoms with Crippen molar-refractivity contribution >= 4 is 0 Å². The maximum atomic E-state index is 8.87. The van der Waals surface area contributed by atoms with Crippen molar-refractivity contribution in [3.8, 4) is 11.3 Å². The average molecular weight is 217 g/mol. The van der Waals surface area contributed by atoms with Crippen molar-refractivity contribution in [2.75, 3.05) is 6.61 Å². The number of hydrogen-bond acceptors (Lipinski definition) is 3. The molecule has 0 aliphatic carbocycles. The van der Waals surface area contributed by atoms with Crippen LogP contribution in [-0.4, -0.2) is 16.9 Å². The van der Waals surface area contributed by atoms with Gasteiger partial charge in [-0.1, -0.05) is 35.5 Å². The monoisotopic (exact) mass is 217 g/mol. The maximum Gasteiger partial charge on any atom is 0.170 e. The smallest absolute Gasteiger partial charge is 0.170 e. The second-order valence-corrected chi connectivity index (χ2v) is 3.77. The minimum atomic E-state index is 0.193. The second kappa shape index (κ2) is 4.94. The number of aliphatic hydroxyl groups is 1. The SMILES string of the molecule is Cc1noc(-c2ccccc2)c1CCCO. The Balaban J connectivity index is 2.34. The molecule has 3 nitrogen and oxygen atoms in total. The highest BCUT2D eigenvalue weighted by Gasteiger charge is 2.13. The average Bonchev–Trinajstić information content (AvgIpc) is 2.69. The molecular weight excluding hydrogens is 202 g/mol. The van der Waals surface area contributed by atoms with Gasteiger partial charge in [0.2, 0.25) is 0 Å². The van der Waals surface area contributed by atoms with Crippen LogP contribution in [0.3, 0.4) is 0 Å². The first-order chi connectivity index (χ1) is 7.83. The van der Waals surface area contributed by atoms with Crippen LogP contribution in [0, 0.1) is 6.92 Å². The van der Waals surface area contributed by atoms with E-state index in [1.54, 1.807) is 0 Å². The molecule has 16 heavy (non-hydrogen) atoms. The van der Waals surface area contributed by atoms with E-state index >= 15 is 0 Å². The van der Waals surface area contributed by atoms with Crippen molar-refractivity contribution in [3.63, 3.8) is 0 Å². The summed E-state index contributed by atoms with van der Waals surface area (Å²) in [5.41, 5.74) is 3.04. The third-order valence-corrected chi connectivity index (χ3v) is 2.61. The number of nitrogens with zero attached hydrogens (tertiary/aromatic N) is 1. The predicted octanol–water partition coefficient (Wildman–Crippen LogP) is 2.57. The van der Waals surface area contributed by atoms with Crippen LogP contribution < -0.4 is 0 Å². The van der Waals surface area contributed by atoms with Crippen LogP contribution in [-0.2, 0) is 6.42 Å². The summed E-state index contributed by atoms with van der Waals surface area (Å²) in [6.45, 7) is 2.13. The van der Waals surface area contributed by atoms with E-state index in [2.05, 4.69) is 5.16 Å². The Morgan fingerprint density at radius 1 is 1.25 bits per heavy atom. The van der Waals surface area contributed by atoms with Gasteiger partial charge in [-0.05, 0) is 19.8 Å². The largest absolute Gasteiger partial charge is 0.396 e. The minimum Gasteiger partial charge on any atom is -0.396 e. The van der Waals surface area contributed by atoms with E-state index in [9.17, 15) is 0 Å². The van der Waals surface area contributed by atoms with E-state index in [-0.39, 0.29) is 6.61 Å². The summed E-state index contributed by atoms with van der Waals surface area (Å²) in [6.07, 6.45) is 1.54. The topological polar surface area (TPSA) is 46.3 Å². The molecule has 0 radical (unpaired) electrons. The zero-order chi connectivity index (χ0) is 11.4. The molecule has 2 aromatic rings. The van der Waals surface area contributed by atoms with Crippen molar-refractivity contribution in [2.45, 2.75) is 19.8 Å². The highest BCUT2D eigenvalue weighted by molar-refractivity contribution is 5.61. The zero-order valence-corrected chi connectivity index (χ0v) is 9.31. The van der Waals surface area contributed by atoms with E-state index in [0.717, 1.165) is 35.4 Å². The summed E-state index contributed by atoms with van der Waals surface area (Å²) in [6, 6.07) is 9.93. The maximum absolute atomic E-state index is 8.87. The van der Waals surface area contributed by atoms with Crippen molar-refractivity contribution < 1.29 is 9.63 Å². The number of aromatic nitrogens is 1. The van der Waals surface area contributed by atoms with Gasteiger partial charge < -0.3 is 9.63 Å². The third-order valence-electron chi connectivity index (χ3n) is 2.61. The van der Waals surface area contributed by atoms with Crippen molar-refractivity contribution in [1.29, 1.82) is 0 Å². The van der Waals surface area contributed by atoms with Crippen molar-refractivity contribution in [1.82, 2.24) is 5.16 Å². The molecule has 0 fully saturated rings. The van der Waals surface area contributed by atoms with E-state index in [4.69, 9.17) is 9.63 Å². The summed E-state index contributed by atoms with van der Waals surface area (Å²) in [5.74, 6) is 0.826. The number of aliphatic hydroxyl groups excluding tert-OH is 1. The van der Waals surface area contributed by atoms with Gasteiger partial charge in [-0.2, -0.15) is 0 Å². The molecule has 0 amide bonds. The van der Waals surface area contributed by atoms with Gasteiger partial charge in [-0.15, -0.1) is 0 Å². The van der Waals surface area contributed by atoms with Gasteiger partial charge in [-0.3, -0.25) is 0 Å². The quantitative estimate of drug-likeness (QED) is 0.856. The van der Waals surface area contributed by atoms with Crippen LogP contribution in [0.25, 0.3) is 11.3 Å². The second-order valence-electron chi connectivity index (χ2n) is 3.77. The molecule has 84 valence electrons. The first kappa shape index (κ1) is 10.9. The molecule has 1 N–H and O–H groups in total. The summed E-state index contributed by atoms with van der Waals surface area (Å²) in [4.78, 5) is 0.